The maximum atomic E-state index is 15.1. The van der Waals surface area contributed by atoms with Crippen LogP contribution in [-0.4, -0.2) is 63.1 Å². The quantitative estimate of drug-likeness (QED) is 0.0777. The standard InChI is InChI=1S/C31H37FN4O7S/c1-4-27(24(32)12-15-34-44(39,40)31-11-6-5-10-26(31)36(37)38)43-28-13-14-33-25-20-30(29(41-3)19-23(25)28)42-18-8-17-35-16-7-9-22(2)21-35/h4-6,10-14,19-20,22,34H,7-9,15-18,21H2,1-3H3/b24-12+,27-4+. The van der Waals surface area contributed by atoms with Gasteiger partial charge in [-0.1, -0.05) is 19.1 Å². The number of nitro benzene ring substituents is 1. The van der Waals surface area contributed by atoms with Crippen molar-refractivity contribution in [3.8, 4) is 17.2 Å². The van der Waals surface area contributed by atoms with Gasteiger partial charge < -0.3 is 19.1 Å². The minimum absolute atomic E-state index is 0.159. The highest BCUT2D eigenvalue weighted by atomic mass is 32.2. The van der Waals surface area contributed by atoms with Crippen LogP contribution in [0.4, 0.5) is 10.1 Å². The highest BCUT2D eigenvalue weighted by Crippen LogP contribution is 2.36. The smallest absolute Gasteiger partial charge is 0.289 e. The topological polar surface area (TPSA) is 133 Å². The number of hydrogen-bond acceptors (Lipinski definition) is 9. The van der Waals surface area contributed by atoms with Crippen LogP contribution in [0.5, 0.6) is 17.2 Å². The Hall–Kier alpha value is -4.07. The summed E-state index contributed by atoms with van der Waals surface area (Å²) in [6, 6.07) is 9.96. The molecule has 44 heavy (non-hydrogen) atoms. The van der Waals surface area contributed by atoms with E-state index in [4.69, 9.17) is 14.2 Å². The number of halogens is 1. The summed E-state index contributed by atoms with van der Waals surface area (Å²) < 4.78 is 60.1. The summed E-state index contributed by atoms with van der Waals surface area (Å²) in [6.45, 7) is 7.10. The lowest BCUT2D eigenvalue weighted by molar-refractivity contribution is -0.387. The zero-order valence-corrected chi connectivity index (χ0v) is 25.8. The molecule has 1 unspecified atom stereocenters. The average Bonchev–Trinajstić information content (AvgIpc) is 3.01. The van der Waals surface area contributed by atoms with Gasteiger partial charge in [0.05, 0.1) is 24.2 Å². The second-order valence-electron chi connectivity index (χ2n) is 10.5. The molecule has 3 aromatic rings. The van der Waals surface area contributed by atoms with E-state index < -0.39 is 37.9 Å². The molecule has 2 aromatic carbocycles. The summed E-state index contributed by atoms with van der Waals surface area (Å²) in [5.74, 6) is 1.05. The molecule has 2 heterocycles. The number of nitrogens with zero attached hydrogens (tertiary/aromatic N) is 3. The Morgan fingerprint density at radius 2 is 2.02 bits per heavy atom. The first kappa shape index (κ1) is 32.8. The Morgan fingerprint density at radius 1 is 1.23 bits per heavy atom. The Morgan fingerprint density at radius 3 is 2.75 bits per heavy atom. The van der Waals surface area contributed by atoms with Crippen LogP contribution in [0.2, 0.25) is 0 Å². The predicted octanol–water partition coefficient (Wildman–Crippen LogP) is 5.77. The predicted molar refractivity (Wildman–Crippen MR) is 165 cm³/mol. The lowest BCUT2D eigenvalue weighted by atomic mass is 10.0. The van der Waals surface area contributed by atoms with E-state index in [1.807, 2.05) is 0 Å². The molecule has 1 aliphatic heterocycles. The van der Waals surface area contributed by atoms with E-state index in [-0.39, 0.29) is 5.76 Å². The normalized spacial score (nSPS) is 16.6. The number of nitrogens with one attached hydrogen (secondary N) is 1. The average molecular weight is 629 g/mol. The van der Waals surface area contributed by atoms with Gasteiger partial charge in [0.15, 0.2) is 28.0 Å². The van der Waals surface area contributed by atoms with Gasteiger partial charge in [0.25, 0.3) is 5.69 Å². The Bertz CT molecular complexity index is 1650. The molecule has 1 atom stereocenters. The minimum Gasteiger partial charge on any atom is -0.493 e. The number of nitro groups is 1. The van der Waals surface area contributed by atoms with E-state index in [0.717, 1.165) is 50.2 Å². The maximum Gasteiger partial charge on any atom is 0.289 e. The van der Waals surface area contributed by atoms with Crippen molar-refractivity contribution < 1.29 is 31.9 Å². The molecule has 0 bridgehead atoms. The van der Waals surface area contributed by atoms with Crippen LogP contribution in [0.15, 0.2) is 77.3 Å². The van der Waals surface area contributed by atoms with Crippen molar-refractivity contribution in [1.29, 1.82) is 0 Å². The van der Waals surface area contributed by atoms with Gasteiger partial charge in [0, 0.05) is 43.4 Å². The first-order chi connectivity index (χ1) is 21.1. The second kappa shape index (κ2) is 15.1. The number of ether oxygens (including phenoxy) is 3. The summed E-state index contributed by atoms with van der Waals surface area (Å²) >= 11 is 0. The number of pyridine rings is 1. The van der Waals surface area contributed by atoms with Crippen molar-refractivity contribution in [3.63, 3.8) is 0 Å². The molecule has 4 rings (SSSR count). The molecule has 1 fully saturated rings. The van der Waals surface area contributed by atoms with Crippen molar-refractivity contribution >= 4 is 26.6 Å². The highest BCUT2D eigenvalue weighted by Gasteiger charge is 2.24. The molecule has 1 N–H and O–H groups in total. The summed E-state index contributed by atoms with van der Waals surface area (Å²) in [6.07, 6.45) is 7.28. The van der Waals surface area contributed by atoms with Crippen molar-refractivity contribution in [3.05, 3.63) is 82.5 Å². The van der Waals surface area contributed by atoms with Crippen molar-refractivity contribution in [2.45, 2.75) is 38.0 Å². The van der Waals surface area contributed by atoms with Crippen LogP contribution in [0.25, 0.3) is 10.9 Å². The second-order valence-corrected chi connectivity index (χ2v) is 12.2. The molecule has 0 saturated carbocycles. The molecule has 1 saturated heterocycles. The highest BCUT2D eigenvalue weighted by molar-refractivity contribution is 7.89. The molecule has 13 heteroatoms. The molecular weight excluding hydrogens is 591 g/mol. The van der Waals surface area contributed by atoms with Gasteiger partial charge in [0.2, 0.25) is 10.0 Å². The molecule has 0 radical (unpaired) electrons. The van der Waals surface area contributed by atoms with Gasteiger partial charge in [-0.25, -0.2) is 17.5 Å². The number of benzene rings is 2. The monoisotopic (exact) mass is 628 g/mol. The molecule has 236 valence electrons. The largest absolute Gasteiger partial charge is 0.493 e. The number of fused-ring (bicyclic) bond motifs is 1. The number of para-hydroxylation sites is 1. The first-order valence-corrected chi connectivity index (χ1v) is 15.9. The fourth-order valence-corrected chi connectivity index (χ4v) is 6.20. The van der Waals surface area contributed by atoms with Crippen molar-refractivity contribution in [2.75, 3.05) is 39.9 Å². The Balaban J connectivity index is 1.43. The Labute approximate surface area is 256 Å². The first-order valence-electron chi connectivity index (χ1n) is 14.4. The van der Waals surface area contributed by atoms with Gasteiger partial charge in [-0.15, -0.1) is 0 Å². The van der Waals surface area contributed by atoms with Crippen LogP contribution >= 0.6 is 0 Å². The van der Waals surface area contributed by atoms with E-state index in [2.05, 4.69) is 21.5 Å². The fourth-order valence-electron chi connectivity index (χ4n) is 5.07. The van der Waals surface area contributed by atoms with Gasteiger partial charge in [-0.05, 0) is 69.0 Å². The number of rotatable bonds is 14. The minimum atomic E-state index is -4.28. The number of piperidine rings is 1. The number of hydrogen-bond donors (Lipinski definition) is 1. The third-order valence-corrected chi connectivity index (χ3v) is 8.70. The van der Waals surface area contributed by atoms with E-state index in [0.29, 0.717) is 34.8 Å². The number of likely N-dealkylation sites (tertiary alicyclic amines) is 1. The van der Waals surface area contributed by atoms with Gasteiger partial charge in [0.1, 0.15) is 5.75 Å². The van der Waals surface area contributed by atoms with Crippen molar-refractivity contribution in [1.82, 2.24) is 14.6 Å². The SMILES string of the molecule is C/C=C(Oc1ccnc2cc(OCCCN3CCCC(C)C3)c(OC)cc12)\C(F)=C/CNS(=O)(=O)c1ccccc1[N+](=O)[O-]. The molecule has 0 aliphatic carbocycles. The molecule has 11 nitrogen and oxygen atoms in total. The van der Waals surface area contributed by atoms with Crippen molar-refractivity contribution in [2.24, 2.45) is 5.92 Å². The zero-order valence-electron chi connectivity index (χ0n) is 25.0. The number of sulfonamides is 1. The van der Waals surface area contributed by atoms with Crippen LogP contribution in [0.1, 0.15) is 33.1 Å². The summed E-state index contributed by atoms with van der Waals surface area (Å²) in [5.41, 5.74) is -0.0252. The lowest BCUT2D eigenvalue weighted by Gasteiger charge is -2.30. The van der Waals surface area contributed by atoms with E-state index in [1.165, 1.54) is 44.4 Å². The zero-order chi connectivity index (χ0) is 31.7. The van der Waals surface area contributed by atoms with Gasteiger partial charge >= 0.3 is 0 Å². The van der Waals surface area contributed by atoms with Crippen LogP contribution in [0.3, 0.4) is 0 Å². The van der Waals surface area contributed by atoms with Crippen LogP contribution in [-0.2, 0) is 10.0 Å². The fraction of sp³-hybridized carbons (Fsp3) is 0.387. The van der Waals surface area contributed by atoms with Gasteiger partial charge in [-0.3, -0.25) is 15.1 Å². The van der Waals surface area contributed by atoms with Crippen LogP contribution < -0.4 is 18.9 Å². The third kappa shape index (κ3) is 8.30. The van der Waals surface area contributed by atoms with E-state index in [9.17, 15) is 18.5 Å². The number of methoxy groups -OCH3 is 1. The lowest BCUT2D eigenvalue weighted by Crippen LogP contribution is -2.35. The number of aromatic nitrogens is 1. The molecule has 0 amide bonds. The third-order valence-electron chi connectivity index (χ3n) is 7.23. The van der Waals surface area contributed by atoms with Crippen LogP contribution in [0, 0.1) is 16.0 Å². The Kier molecular flexibility index (Phi) is 11.3. The molecular formula is C31H37FN4O7S. The summed E-state index contributed by atoms with van der Waals surface area (Å²) in [4.78, 5) is 16.8. The van der Waals surface area contributed by atoms with Gasteiger partial charge in [-0.2, -0.15) is 0 Å². The van der Waals surface area contributed by atoms with E-state index >= 15 is 4.39 Å². The summed E-state index contributed by atoms with van der Waals surface area (Å²) in [7, 11) is -2.75. The molecule has 1 aliphatic rings. The molecule has 1 aromatic heterocycles. The summed E-state index contributed by atoms with van der Waals surface area (Å²) in [5, 5.41) is 11.8. The molecule has 0 spiro atoms. The van der Waals surface area contributed by atoms with E-state index in [1.54, 1.807) is 25.1 Å². The number of allylic oxidation sites excluding steroid dienone is 2. The maximum absolute atomic E-state index is 15.1.